The van der Waals surface area contributed by atoms with E-state index >= 15 is 0 Å². The Morgan fingerprint density at radius 2 is 1.92 bits per heavy atom. The molecule has 24 heavy (non-hydrogen) atoms. The molecule has 1 saturated carbocycles. The fourth-order valence-electron chi connectivity index (χ4n) is 4.12. The van der Waals surface area contributed by atoms with Crippen molar-refractivity contribution in [3.05, 3.63) is 29.3 Å². The Kier molecular flexibility index (Phi) is 6.89. The van der Waals surface area contributed by atoms with Crippen LogP contribution < -0.4 is 0 Å². The topological polar surface area (TPSA) is 37.3 Å². The number of benzene rings is 1. The van der Waals surface area contributed by atoms with Crippen LogP contribution in [0.2, 0.25) is 0 Å². The lowest BCUT2D eigenvalue weighted by molar-refractivity contribution is -0.112. The molecular formula is C22H34O2. The zero-order valence-electron chi connectivity index (χ0n) is 15.7. The molecule has 2 unspecified atom stereocenters. The van der Waals surface area contributed by atoms with Crippen molar-refractivity contribution in [3.8, 4) is 5.75 Å². The molecule has 1 aliphatic carbocycles. The molecule has 1 aromatic carbocycles. The molecule has 134 valence electrons. The van der Waals surface area contributed by atoms with Gasteiger partial charge in [-0.3, -0.25) is 0 Å². The predicted octanol–water partition coefficient (Wildman–Crippen LogP) is 6.11. The van der Waals surface area contributed by atoms with E-state index in [0.717, 1.165) is 44.0 Å². The Morgan fingerprint density at radius 1 is 1.17 bits per heavy atom. The molecule has 1 aliphatic rings. The van der Waals surface area contributed by atoms with Crippen LogP contribution in [0.5, 0.6) is 5.75 Å². The molecule has 2 rings (SSSR count). The van der Waals surface area contributed by atoms with Gasteiger partial charge in [0.2, 0.25) is 0 Å². The summed E-state index contributed by atoms with van der Waals surface area (Å²) >= 11 is 0. The Hall–Kier alpha value is -1.31. The second-order valence-electron chi connectivity index (χ2n) is 8.16. The van der Waals surface area contributed by atoms with Gasteiger partial charge in [-0.05, 0) is 47.8 Å². The van der Waals surface area contributed by atoms with Gasteiger partial charge >= 0.3 is 0 Å². The third-order valence-corrected chi connectivity index (χ3v) is 5.86. The van der Waals surface area contributed by atoms with Gasteiger partial charge in [-0.2, -0.15) is 0 Å². The average molecular weight is 331 g/mol. The summed E-state index contributed by atoms with van der Waals surface area (Å²) < 4.78 is 0. The van der Waals surface area contributed by atoms with E-state index in [9.17, 15) is 9.90 Å². The van der Waals surface area contributed by atoms with Gasteiger partial charge in [0.1, 0.15) is 12.0 Å². The standard InChI is InChI=1S/C22H34O2/c1-4-5-6-9-14-22(2,3)18-12-13-20(21(24)15-18)19-11-8-7-10-17(19)16-23/h12-13,15-17,19,24H,4-11,14H2,1-3H3. The Bertz CT molecular complexity index is 533. The van der Waals surface area contributed by atoms with Crippen molar-refractivity contribution in [2.24, 2.45) is 5.92 Å². The van der Waals surface area contributed by atoms with E-state index in [-0.39, 0.29) is 17.3 Å². The second-order valence-corrected chi connectivity index (χ2v) is 8.16. The first-order valence-electron chi connectivity index (χ1n) is 9.78. The first-order valence-corrected chi connectivity index (χ1v) is 9.78. The highest BCUT2D eigenvalue weighted by Crippen LogP contribution is 2.42. The third kappa shape index (κ3) is 4.62. The minimum Gasteiger partial charge on any atom is -0.508 e. The zero-order valence-corrected chi connectivity index (χ0v) is 15.7. The van der Waals surface area contributed by atoms with Crippen LogP contribution in [0.15, 0.2) is 18.2 Å². The van der Waals surface area contributed by atoms with Crippen LogP contribution in [0.3, 0.4) is 0 Å². The van der Waals surface area contributed by atoms with Gasteiger partial charge in [-0.25, -0.2) is 0 Å². The van der Waals surface area contributed by atoms with E-state index < -0.39 is 0 Å². The van der Waals surface area contributed by atoms with Gasteiger partial charge in [-0.15, -0.1) is 0 Å². The third-order valence-electron chi connectivity index (χ3n) is 5.86. The minimum absolute atomic E-state index is 0.0672. The first kappa shape index (κ1) is 19.0. The molecule has 0 aliphatic heterocycles. The number of phenolic OH excluding ortho intramolecular Hbond substituents is 1. The van der Waals surface area contributed by atoms with Crippen molar-refractivity contribution < 1.29 is 9.90 Å². The number of hydrogen-bond donors (Lipinski definition) is 1. The van der Waals surface area contributed by atoms with Gasteiger partial charge < -0.3 is 9.90 Å². The summed E-state index contributed by atoms with van der Waals surface area (Å²) in [7, 11) is 0. The van der Waals surface area contributed by atoms with Crippen molar-refractivity contribution in [2.45, 2.75) is 89.9 Å². The molecule has 2 nitrogen and oxygen atoms in total. The quantitative estimate of drug-likeness (QED) is 0.461. The Balaban J connectivity index is 2.12. The molecule has 1 fully saturated rings. The molecule has 0 aromatic heterocycles. The summed E-state index contributed by atoms with van der Waals surface area (Å²) in [5, 5.41) is 10.6. The lowest BCUT2D eigenvalue weighted by Gasteiger charge is -2.30. The predicted molar refractivity (Wildman–Crippen MR) is 101 cm³/mol. The minimum atomic E-state index is 0.0672. The summed E-state index contributed by atoms with van der Waals surface area (Å²) in [6.45, 7) is 6.77. The normalized spacial score (nSPS) is 21.6. The second kappa shape index (κ2) is 8.69. The number of unbranched alkanes of at least 4 members (excludes halogenated alkanes) is 3. The van der Waals surface area contributed by atoms with Gasteiger partial charge in [0.05, 0.1) is 0 Å². The van der Waals surface area contributed by atoms with Crippen LogP contribution >= 0.6 is 0 Å². The van der Waals surface area contributed by atoms with Crippen LogP contribution in [-0.2, 0) is 10.2 Å². The monoisotopic (exact) mass is 330 g/mol. The van der Waals surface area contributed by atoms with E-state index in [4.69, 9.17) is 0 Å². The van der Waals surface area contributed by atoms with Crippen LogP contribution in [-0.4, -0.2) is 11.4 Å². The van der Waals surface area contributed by atoms with Crippen LogP contribution in [0, 0.1) is 5.92 Å². The SMILES string of the molecule is CCCCCCC(C)(C)c1ccc(C2CCCCC2C=O)c(O)c1. The van der Waals surface area contributed by atoms with E-state index in [2.05, 4.69) is 32.9 Å². The number of carbonyl (C=O) groups is 1. The van der Waals surface area contributed by atoms with Gasteiger partial charge in [0.15, 0.2) is 0 Å². The fourth-order valence-corrected chi connectivity index (χ4v) is 4.12. The molecule has 0 heterocycles. The Morgan fingerprint density at radius 3 is 2.58 bits per heavy atom. The van der Waals surface area contributed by atoms with E-state index in [1.807, 2.05) is 6.07 Å². The molecular weight excluding hydrogens is 296 g/mol. The summed E-state index contributed by atoms with van der Waals surface area (Å²) in [5.41, 5.74) is 2.26. The van der Waals surface area contributed by atoms with Crippen molar-refractivity contribution in [1.82, 2.24) is 0 Å². The molecule has 0 saturated heterocycles. The Labute approximate surface area is 147 Å². The van der Waals surface area contributed by atoms with Crippen molar-refractivity contribution in [1.29, 1.82) is 0 Å². The highest BCUT2D eigenvalue weighted by Gasteiger charge is 2.29. The van der Waals surface area contributed by atoms with E-state index in [0.29, 0.717) is 5.75 Å². The van der Waals surface area contributed by atoms with Gasteiger partial charge in [0, 0.05) is 5.92 Å². The summed E-state index contributed by atoms with van der Waals surface area (Å²) in [6, 6.07) is 6.20. The maximum absolute atomic E-state index is 11.4. The van der Waals surface area contributed by atoms with Crippen molar-refractivity contribution >= 4 is 6.29 Å². The maximum Gasteiger partial charge on any atom is 0.123 e. The maximum atomic E-state index is 11.4. The molecule has 0 amide bonds. The molecule has 1 N–H and O–H groups in total. The van der Waals surface area contributed by atoms with Gasteiger partial charge in [-0.1, -0.05) is 71.4 Å². The number of rotatable bonds is 8. The highest BCUT2D eigenvalue weighted by molar-refractivity contribution is 5.57. The average Bonchev–Trinajstić information content (AvgIpc) is 2.58. The zero-order chi connectivity index (χ0) is 17.6. The molecule has 1 aromatic rings. The van der Waals surface area contributed by atoms with E-state index in [1.54, 1.807) is 0 Å². The van der Waals surface area contributed by atoms with E-state index in [1.165, 1.54) is 31.2 Å². The lowest BCUT2D eigenvalue weighted by atomic mass is 9.74. The molecule has 2 atom stereocenters. The highest BCUT2D eigenvalue weighted by atomic mass is 16.3. The van der Waals surface area contributed by atoms with Crippen LogP contribution in [0.1, 0.15) is 95.6 Å². The number of hydrogen-bond acceptors (Lipinski definition) is 2. The fraction of sp³-hybridized carbons (Fsp3) is 0.682. The summed E-state index contributed by atoms with van der Waals surface area (Å²) in [5.74, 6) is 0.642. The largest absolute Gasteiger partial charge is 0.508 e. The van der Waals surface area contributed by atoms with Gasteiger partial charge in [0.25, 0.3) is 0 Å². The summed E-state index contributed by atoms with van der Waals surface area (Å²) in [6.07, 6.45) is 11.6. The molecule has 0 radical (unpaired) electrons. The van der Waals surface area contributed by atoms with Crippen LogP contribution in [0.4, 0.5) is 0 Å². The number of aromatic hydroxyl groups is 1. The first-order chi connectivity index (χ1) is 11.5. The molecule has 2 heteroatoms. The lowest BCUT2D eigenvalue weighted by Crippen LogP contribution is -2.20. The summed E-state index contributed by atoms with van der Waals surface area (Å²) in [4.78, 5) is 11.4. The number of phenols is 1. The van der Waals surface area contributed by atoms with Crippen LogP contribution in [0.25, 0.3) is 0 Å². The van der Waals surface area contributed by atoms with Crippen molar-refractivity contribution in [3.63, 3.8) is 0 Å². The molecule has 0 spiro atoms. The molecule has 0 bridgehead atoms. The number of carbonyl (C=O) groups excluding carboxylic acids is 1. The number of aldehydes is 1. The van der Waals surface area contributed by atoms with Crippen molar-refractivity contribution in [2.75, 3.05) is 0 Å². The smallest absolute Gasteiger partial charge is 0.123 e.